The number of carbonyl (C=O) groups is 4. The molecule has 2 N–H and O–H groups in total. The van der Waals surface area contributed by atoms with Crippen LogP contribution in [0, 0.1) is 23.6 Å². The molecular formula is C42H30Cl2FN3O5. The van der Waals surface area contributed by atoms with E-state index in [1.54, 1.807) is 48.5 Å². The van der Waals surface area contributed by atoms with E-state index < -0.39 is 57.0 Å². The molecule has 2 aliphatic heterocycles. The molecule has 9 rings (SSSR count). The van der Waals surface area contributed by atoms with Crippen molar-refractivity contribution in [1.82, 2.24) is 0 Å². The van der Waals surface area contributed by atoms with Crippen LogP contribution in [-0.2, 0) is 19.2 Å². The van der Waals surface area contributed by atoms with Gasteiger partial charge in [0.25, 0.3) is 11.8 Å². The van der Waals surface area contributed by atoms with Crippen LogP contribution >= 0.6 is 23.2 Å². The average Bonchev–Trinajstić information content (AvgIpc) is 3.51. The maximum Gasteiger partial charge on any atom is 0.258 e. The number of imide groups is 2. The molecule has 11 heteroatoms. The number of alkyl halides is 2. The minimum absolute atomic E-state index is 0.0793. The van der Waals surface area contributed by atoms with Crippen LogP contribution < -0.4 is 15.1 Å². The number of halogens is 3. The van der Waals surface area contributed by atoms with Gasteiger partial charge in [-0.15, -0.1) is 23.2 Å². The topological polar surface area (TPSA) is 107 Å². The van der Waals surface area contributed by atoms with Crippen molar-refractivity contribution in [3.05, 3.63) is 138 Å². The van der Waals surface area contributed by atoms with Crippen molar-refractivity contribution in [2.75, 3.05) is 15.1 Å². The van der Waals surface area contributed by atoms with Gasteiger partial charge in [-0.3, -0.25) is 24.1 Å². The van der Waals surface area contributed by atoms with Crippen LogP contribution in [-0.4, -0.2) is 38.5 Å². The molecular weight excluding hydrogens is 716 g/mol. The van der Waals surface area contributed by atoms with Crippen LogP contribution in [0.5, 0.6) is 5.75 Å². The number of carbonyl (C=O) groups excluding carboxylic acids is 4. The first-order valence-corrected chi connectivity index (χ1v) is 18.0. The number of fused-ring (bicyclic) bond motifs is 5. The second-order valence-electron chi connectivity index (χ2n) is 14.0. The third-order valence-electron chi connectivity index (χ3n) is 11.3. The van der Waals surface area contributed by atoms with Gasteiger partial charge in [-0.25, -0.2) is 9.29 Å². The summed E-state index contributed by atoms with van der Waals surface area (Å²) in [6, 6.07) is 32.0. The van der Waals surface area contributed by atoms with E-state index in [2.05, 4.69) is 5.32 Å². The van der Waals surface area contributed by atoms with Crippen LogP contribution in [0.2, 0.25) is 0 Å². The Morgan fingerprint density at radius 1 is 0.698 bits per heavy atom. The lowest BCUT2D eigenvalue weighted by atomic mass is 9.56. The molecule has 0 unspecified atom stereocenters. The summed E-state index contributed by atoms with van der Waals surface area (Å²) in [7, 11) is 0. The molecule has 0 bridgehead atoms. The second kappa shape index (κ2) is 12.0. The van der Waals surface area contributed by atoms with Gasteiger partial charge in [0.05, 0.1) is 23.2 Å². The van der Waals surface area contributed by atoms with E-state index in [0.29, 0.717) is 16.6 Å². The Bertz CT molecular complexity index is 2410. The number of phenols is 1. The number of allylic oxidation sites excluding steroid dienone is 2. The molecule has 264 valence electrons. The maximum absolute atomic E-state index is 14.7. The van der Waals surface area contributed by atoms with Gasteiger partial charge in [-0.1, -0.05) is 66.2 Å². The number of para-hydroxylation sites is 1. The monoisotopic (exact) mass is 745 g/mol. The van der Waals surface area contributed by atoms with Gasteiger partial charge in [-0.05, 0) is 84.8 Å². The number of nitrogens with one attached hydrogen (secondary N) is 1. The van der Waals surface area contributed by atoms with Gasteiger partial charge in [0.1, 0.15) is 11.6 Å². The van der Waals surface area contributed by atoms with E-state index in [0.717, 1.165) is 33.8 Å². The molecule has 0 spiro atoms. The van der Waals surface area contributed by atoms with Crippen molar-refractivity contribution >= 4 is 80.4 Å². The zero-order valence-corrected chi connectivity index (χ0v) is 29.4. The summed E-state index contributed by atoms with van der Waals surface area (Å²) in [5.74, 6) is -6.83. The van der Waals surface area contributed by atoms with Crippen molar-refractivity contribution in [2.45, 2.75) is 28.5 Å². The van der Waals surface area contributed by atoms with Gasteiger partial charge < -0.3 is 10.4 Å². The third-order valence-corrected chi connectivity index (χ3v) is 12.7. The normalized spacial score (nSPS) is 27.8. The van der Waals surface area contributed by atoms with Crippen molar-refractivity contribution in [2.24, 2.45) is 17.8 Å². The number of amides is 4. The Morgan fingerprint density at radius 3 is 2.08 bits per heavy atom. The van der Waals surface area contributed by atoms with Crippen molar-refractivity contribution in [3.8, 4) is 5.75 Å². The highest BCUT2D eigenvalue weighted by molar-refractivity contribution is 6.58. The Labute approximate surface area is 313 Å². The Kier molecular flexibility index (Phi) is 7.56. The summed E-state index contributed by atoms with van der Waals surface area (Å²) in [4.78, 5) is 55.6. The fraction of sp³-hybridized carbons (Fsp3) is 0.190. The van der Waals surface area contributed by atoms with E-state index in [1.165, 1.54) is 17.0 Å². The van der Waals surface area contributed by atoms with Crippen LogP contribution in [0.25, 0.3) is 10.8 Å². The molecule has 53 heavy (non-hydrogen) atoms. The molecule has 3 fully saturated rings. The van der Waals surface area contributed by atoms with Crippen LogP contribution in [0.4, 0.5) is 27.1 Å². The number of phenolic OH excluding ortho intramolecular Hbond substituents is 1. The number of benzene rings is 5. The fourth-order valence-corrected chi connectivity index (χ4v) is 9.81. The first-order valence-electron chi connectivity index (χ1n) is 17.3. The molecule has 2 aliphatic carbocycles. The van der Waals surface area contributed by atoms with Crippen LogP contribution in [0.3, 0.4) is 0 Å². The third kappa shape index (κ3) is 4.73. The number of nitrogens with zero attached hydrogens (tertiary/aromatic N) is 2. The molecule has 8 nitrogen and oxygen atoms in total. The molecule has 2 saturated heterocycles. The molecule has 0 radical (unpaired) electrons. The highest BCUT2D eigenvalue weighted by Gasteiger charge is 2.77. The molecule has 1 saturated carbocycles. The largest absolute Gasteiger partial charge is 0.507 e. The molecule has 5 aromatic carbocycles. The zero-order valence-electron chi connectivity index (χ0n) is 27.9. The van der Waals surface area contributed by atoms with E-state index in [4.69, 9.17) is 23.2 Å². The fourth-order valence-electron chi connectivity index (χ4n) is 8.89. The molecule has 0 aromatic heterocycles. The predicted octanol–water partition coefficient (Wildman–Crippen LogP) is 8.20. The standard InChI is InChI=1S/C42H30Cl2FN3O5/c43-41-22-33-30(20-21-31-34(33)38(51)47(37(31)50)27-17-13-26(14-18-27)46-25-7-2-1-3-8-25)35(32-19-10-23-6-4-5-9-29(23)36(32)49)42(41,44)40(53)48(39(41)52)28-15-11-24(45)12-16-28/h1-20,31,33-35,46,49H,21-22H2/t31-,33+,34-,35+,41+,42-/m0/s1. The van der Waals surface area contributed by atoms with Crippen molar-refractivity contribution in [3.63, 3.8) is 0 Å². The number of hydrogen-bond donors (Lipinski definition) is 2. The molecule has 2 heterocycles. The summed E-state index contributed by atoms with van der Waals surface area (Å²) in [6.45, 7) is 0. The maximum atomic E-state index is 14.7. The number of aromatic hydroxyl groups is 1. The van der Waals surface area contributed by atoms with Gasteiger partial charge in [-0.2, -0.15) is 0 Å². The van der Waals surface area contributed by atoms with E-state index in [1.807, 2.05) is 48.5 Å². The van der Waals surface area contributed by atoms with E-state index in [9.17, 15) is 28.7 Å². The minimum atomic E-state index is -2.16. The second-order valence-corrected chi connectivity index (χ2v) is 15.3. The number of anilines is 4. The van der Waals surface area contributed by atoms with Crippen LogP contribution in [0.15, 0.2) is 127 Å². The average molecular weight is 747 g/mol. The molecule has 5 aromatic rings. The summed E-state index contributed by atoms with van der Waals surface area (Å²) in [6.07, 6.45) is 1.76. The van der Waals surface area contributed by atoms with E-state index >= 15 is 0 Å². The molecule has 6 atom stereocenters. The van der Waals surface area contributed by atoms with Crippen LogP contribution in [0.1, 0.15) is 24.3 Å². The highest BCUT2D eigenvalue weighted by Crippen LogP contribution is 2.66. The lowest BCUT2D eigenvalue weighted by Crippen LogP contribution is -2.60. The number of hydrogen-bond acceptors (Lipinski definition) is 6. The molecule has 4 aliphatic rings. The first-order chi connectivity index (χ1) is 25.5. The van der Waals surface area contributed by atoms with Gasteiger partial charge in [0, 0.05) is 28.2 Å². The van der Waals surface area contributed by atoms with Gasteiger partial charge >= 0.3 is 0 Å². The smallest absolute Gasteiger partial charge is 0.258 e. The first kappa shape index (κ1) is 33.3. The Balaban J connectivity index is 1.15. The van der Waals surface area contributed by atoms with Crippen molar-refractivity contribution < 1.29 is 28.7 Å². The van der Waals surface area contributed by atoms with Crippen molar-refractivity contribution in [1.29, 1.82) is 0 Å². The zero-order chi connectivity index (χ0) is 36.8. The Morgan fingerprint density at radius 2 is 1.34 bits per heavy atom. The summed E-state index contributed by atoms with van der Waals surface area (Å²) >= 11 is 15.0. The minimum Gasteiger partial charge on any atom is -0.507 e. The predicted molar refractivity (Wildman–Crippen MR) is 201 cm³/mol. The molecule has 4 amide bonds. The lowest BCUT2D eigenvalue weighted by Gasteiger charge is -2.50. The summed E-state index contributed by atoms with van der Waals surface area (Å²) in [5.41, 5.74) is 2.94. The Hall–Kier alpha value is -5.51. The summed E-state index contributed by atoms with van der Waals surface area (Å²) in [5, 5.41) is 16.4. The van der Waals surface area contributed by atoms with E-state index in [-0.39, 0.29) is 35.7 Å². The SMILES string of the molecule is O=C1[C@H]2[C@H](CC=C3[C@H]2C[C@@]2(Cl)C(=O)N(c4ccc(F)cc4)C(=O)[C@@]2(Cl)[C@H]3c2ccc3ccccc3c2O)C(=O)N1c1ccc(Nc2ccccc2)cc1. The summed E-state index contributed by atoms with van der Waals surface area (Å²) < 4.78 is 14.0. The highest BCUT2D eigenvalue weighted by atomic mass is 35.5. The van der Waals surface area contributed by atoms with Gasteiger partial charge in [0.15, 0.2) is 9.75 Å². The van der Waals surface area contributed by atoms with Gasteiger partial charge in [0.2, 0.25) is 11.8 Å². The lowest BCUT2D eigenvalue weighted by molar-refractivity contribution is -0.125. The quantitative estimate of drug-likeness (QED) is 0.107. The number of rotatable bonds is 5.